The fraction of sp³-hybridized carbons (Fsp3) is 0.214. The van der Waals surface area contributed by atoms with Crippen LogP contribution in [0.2, 0.25) is 0 Å². The topological polar surface area (TPSA) is 77.3 Å². The maximum Gasteiger partial charge on any atom is 0.270 e. The Hall–Kier alpha value is -2.15. The molecule has 0 amide bonds. The summed E-state index contributed by atoms with van der Waals surface area (Å²) < 4.78 is 6.09. The maximum atomic E-state index is 10.7. The van der Waals surface area contributed by atoms with E-state index in [1.165, 1.54) is 12.1 Å². The van der Waals surface area contributed by atoms with Gasteiger partial charge in [-0.05, 0) is 35.0 Å². The second-order valence-corrected chi connectivity index (χ2v) is 5.03. The Morgan fingerprint density at radius 1 is 1.43 bits per heavy atom. The highest BCUT2D eigenvalue weighted by atomic mass is 79.9. The molecule has 7 heteroatoms. The van der Waals surface area contributed by atoms with Gasteiger partial charge in [-0.3, -0.25) is 10.1 Å². The second kappa shape index (κ2) is 7.03. The largest absolute Gasteiger partial charge is 0.478 e. The summed E-state index contributed by atoms with van der Waals surface area (Å²) in [6, 6.07) is 8.35. The Labute approximate surface area is 130 Å². The molecule has 21 heavy (non-hydrogen) atoms. The number of aromatic nitrogens is 1. The van der Waals surface area contributed by atoms with Gasteiger partial charge >= 0.3 is 0 Å². The van der Waals surface area contributed by atoms with E-state index in [-0.39, 0.29) is 5.69 Å². The lowest BCUT2D eigenvalue weighted by Crippen LogP contribution is -2.05. The molecule has 0 fully saturated rings. The van der Waals surface area contributed by atoms with E-state index in [0.717, 1.165) is 11.3 Å². The molecule has 110 valence electrons. The van der Waals surface area contributed by atoms with Gasteiger partial charge in [-0.2, -0.15) is 0 Å². The number of ether oxygens (including phenoxy) is 1. The zero-order chi connectivity index (χ0) is 15.2. The first-order chi connectivity index (χ1) is 10.1. The minimum absolute atomic E-state index is 0.0452. The van der Waals surface area contributed by atoms with E-state index in [0.29, 0.717) is 23.5 Å². The highest BCUT2D eigenvalue weighted by Gasteiger charge is 2.10. The Morgan fingerprint density at radius 3 is 2.90 bits per heavy atom. The van der Waals surface area contributed by atoms with Crippen molar-refractivity contribution in [3.8, 4) is 5.88 Å². The van der Waals surface area contributed by atoms with Gasteiger partial charge in [0, 0.05) is 40.6 Å². The van der Waals surface area contributed by atoms with Crippen molar-refractivity contribution >= 4 is 27.3 Å². The predicted octanol–water partition coefficient (Wildman–Crippen LogP) is 3.76. The molecule has 0 radical (unpaired) electrons. The summed E-state index contributed by atoms with van der Waals surface area (Å²) in [5, 5.41) is 13.9. The van der Waals surface area contributed by atoms with Crippen LogP contribution >= 0.6 is 15.9 Å². The van der Waals surface area contributed by atoms with Crippen molar-refractivity contribution in [3.05, 3.63) is 56.7 Å². The SMILES string of the molecule is CCOc1ncccc1CNc1ccc([N+](=O)[O-])cc1Br. The number of nitrogens with zero attached hydrogens (tertiary/aromatic N) is 2. The monoisotopic (exact) mass is 351 g/mol. The lowest BCUT2D eigenvalue weighted by Gasteiger charge is -2.11. The molecule has 1 N–H and O–H groups in total. The number of rotatable bonds is 6. The summed E-state index contributed by atoms with van der Waals surface area (Å²) in [6.45, 7) is 2.96. The number of halogens is 1. The number of nitro benzene ring substituents is 1. The lowest BCUT2D eigenvalue weighted by molar-refractivity contribution is -0.384. The van der Waals surface area contributed by atoms with Crippen molar-refractivity contribution in [2.45, 2.75) is 13.5 Å². The Balaban J connectivity index is 2.11. The fourth-order valence-corrected chi connectivity index (χ4v) is 2.28. The third-order valence-electron chi connectivity index (χ3n) is 2.76. The van der Waals surface area contributed by atoms with E-state index in [9.17, 15) is 10.1 Å². The average Bonchev–Trinajstić information content (AvgIpc) is 2.47. The van der Waals surface area contributed by atoms with Crippen LogP contribution in [-0.4, -0.2) is 16.5 Å². The number of benzene rings is 1. The maximum absolute atomic E-state index is 10.7. The van der Waals surface area contributed by atoms with Crippen LogP contribution in [0.3, 0.4) is 0 Å². The van der Waals surface area contributed by atoms with Crippen molar-refractivity contribution in [2.75, 3.05) is 11.9 Å². The van der Waals surface area contributed by atoms with E-state index < -0.39 is 4.92 Å². The zero-order valence-electron chi connectivity index (χ0n) is 11.4. The number of nitrogens with one attached hydrogen (secondary N) is 1. The van der Waals surface area contributed by atoms with Gasteiger partial charge in [0.1, 0.15) is 0 Å². The van der Waals surface area contributed by atoms with Crippen molar-refractivity contribution in [1.82, 2.24) is 4.98 Å². The molecule has 0 aliphatic carbocycles. The molecule has 0 spiro atoms. The van der Waals surface area contributed by atoms with E-state index >= 15 is 0 Å². The first kappa shape index (κ1) is 15.2. The Kier molecular flexibility index (Phi) is 5.10. The number of non-ortho nitro benzene ring substituents is 1. The standard InChI is InChI=1S/C14H14BrN3O3/c1-2-21-14-10(4-3-7-16-14)9-17-13-6-5-11(18(19)20)8-12(13)15/h3-8,17H,2,9H2,1H3. The minimum Gasteiger partial charge on any atom is -0.478 e. The zero-order valence-corrected chi connectivity index (χ0v) is 13.0. The Bertz CT molecular complexity index is 649. The predicted molar refractivity (Wildman–Crippen MR) is 83.5 cm³/mol. The number of hydrogen-bond donors (Lipinski definition) is 1. The number of hydrogen-bond acceptors (Lipinski definition) is 5. The third-order valence-corrected chi connectivity index (χ3v) is 3.42. The van der Waals surface area contributed by atoms with Gasteiger partial charge in [0.05, 0.1) is 11.5 Å². The van der Waals surface area contributed by atoms with Crippen molar-refractivity contribution in [2.24, 2.45) is 0 Å². The number of anilines is 1. The van der Waals surface area contributed by atoms with Crippen molar-refractivity contribution in [3.63, 3.8) is 0 Å². The fourth-order valence-electron chi connectivity index (χ4n) is 1.78. The molecule has 0 bridgehead atoms. The van der Waals surface area contributed by atoms with Crippen LogP contribution < -0.4 is 10.1 Å². The van der Waals surface area contributed by atoms with Gasteiger partial charge in [-0.1, -0.05) is 6.07 Å². The Morgan fingerprint density at radius 2 is 2.24 bits per heavy atom. The molecule has 2 aromatic rings. The summed E-state index contributed by atoms with van der Waals surface area (Å²) in [5.74, 6) is 0.588. The minimum atomic E-state index is -0.428. The van der Waals surface area contributed by atoms with Crippen LogP contribution in [0.5, 0.6) is 5.88 Å². The summed E-state index contributed by atoms with van der Waals surface area (Å²) in [5.41, 5.74) is 1.74. The van der Waals surface area contributed by atoms with Crippen LogP contribution in [0.4, 0.5) is 11.4 Å². The van der Waals surface area contributed by atoms with Gasteiger partial charge in [-0.25, -0.2) is 4.98 Å². The number of pyridine rings is 1. The highest BCUT2D eigenvalue weighted by molar-refractivity contribution is 9.10. The van der Waals surface area contributed by atoms with Crippen LogP contribution in [0.1, 0.15) is 12.5 Å². The quantitative estimate of drug-likeness (QED) is 0.633. The third kappa shape index (κ3) is 3.91. The molecule has 2 rings (SSSR count). The molecular formula is C14H14BrN3O3. The molecule has 0 unspecified atom stereocenters. The second-order valence-electron chi connectivity index (χ2n) is 4.18. The first-order valence-electron chi connectivity index (χ1n) is 6.36. The van der Waals surface area contributed by atoms with Gasteiger partial charge in [-0.15, -0.1) is 0 Å². The van der Waals surface area contributed by atoms with Gasteiger partial charge in [0.2, 0.25) is 5.88 Å². The first-order valence-corrected chi connectivity index (χ1v) is 7.15. The molecule has 1 aromatic heterocycles. The van der Waals surface area contributed by atoms with E-state index in [4.69, 9.17) is 4.74 Å². The molecule has 1 heterocycles. The molecular weight excluding hydrogens is 338 g/mol. The summed E-state index contributed by atoms with van der Waals surface area (Å²) in [7, 11) is 0. The highest BCUT2D eigenvalue weighted by Crippen LogP contribution is 2.28. The molecule has 0 atom stereocenters. The van der Waals surface area contributed by atoms with Crippen molar-refractivity contribution < 1.29 is 9.66 Å². The average molecular weight is 352 g/mol. The van der Waals surface area contributed by atoms with Crippen LogP contribution in [0, 0.1) is 10.1 Å². The summed E-state index contributed by atoms with van der Waals surface area (Å²) in [6.07, 6.45) is 1.68. The van der Waals surface area contributed by atoms with Crippen LogP contribution in [0.15, 0.2) is 41.0 Å². The van der Waals surface area contributed by atoms with E-state index in [1.807, 2.05) is 19.1 Å². The van der Waals surface area contributed by atoms with Crippen molar-refractivity contribution in [1.29, 1.82) is 0 Å². The van der Waals surface area contributed by atoms with Crippen LogP contribution in [-0.2, 0) is 6.54 Å². The van der Waals surface area contributed by atoms with E-state index in [1.54, 1.807) is 12.3 Å². The van der Waals surface area contributed by atoms with Gasteiger partial charge in [0.25, 0.3) is 5.69 Å². The molecule has 0 aliphatic rings. The number of nitro groups is 1. The lowest BCUT2D eigenvalue weighted by atomic mass is 10.2. The molecule has 0 aliphatic heterocycles. The molecule has 0 saturated heterocycles. The summed E-state index contributed by atoms with van der Waals surface area (Å²) >= 11 is 3.32. The van der Waals surface area contributed by atoms with Gasteiger partial charge in [0.15, 0.2) is 0 Å². The molecule has 6 nitrogen and oxygen atoms in total. The summed E-state index contributed by atoms with van der Waals surface area (Å²) in [4.78, 5) is 14.4. The molecule has 1 aromatic carbocycles. The normalized spacial score (nSPS) is 10.2. The van der Waals surface area contributed by atoms with Gasteiger partial charge < -0.3 is 10.1 Å². The van der Waals surface area contributed by atoms with E-state index in [2.05, 4.69) is 26.2 Å². The smallest absolute Gasteiger partial charge is 0.270 e. The molecule has 0 saturated carbocycles. The van der Waals surface area contributed by atoms with Crippen LogP contribution in [0.25, 0.3) is 0 Å².